The average Bonchev–Trinajstić information content (AvgIpc) is 2.55. The van der Waals surface area contributed by atoms with E-state index >= 15 is 0 Å². The number of ether oxygens (including phenoxy) is 1. The molecule has 0 aliphatic carbocycles. The van der Waals surface area contributed by atoms with Crippen LogP contribution in [0.4, 0.5) is 0 Å². The third-order valence-corrected chi connectivity index (χ3v) is 4.46. The third kappa shape index (κ3) is 3.74. The fraction of sp³-hybridized carbons (Fsp3) is 0.400. The van der Waals surface area contributed by atoms with Crippen LogP contribution in [0.3, 0.4) is 0 Å². The molecule has 0 aromatic heterocycles. The van der Waals surface area contributed by atoms with Crippen LogP contribution in [0.25, 0.3) is 0 Å². The van der Waals surface area contributed by atoms with Gasteiger partial charge in [-0.15, -0.1) is 0 Å². The van der Waals surface area contributed by atoms with Gasteiger partial charge in [0.2, 0.25) is 0 Å². The highest BCUT2D eigenvalue weighted by Gasteiger charge is 2.30. The van der Waals surface area contributed by atoms with E-state index in [1.165, 1.54) is 0 Å². The van der Waals surface area contributed by atoms with Gasteiger partial charge in [-0.2, -0.15) is 0 Å². The first-order valence-electron chi connectivity index (χ1n) is 8.09. The lowest BCUT2D eigenvalue weighted by molar-refractivity contribution is 0.421. The van der Waals surface area contributed by atoms with Crippen molar-refractivity contribution < 1.29 is 4.74 Å². The second kappa shape index (κ2) is 6.73. The molecule has 0 spiro atoms. The smallest absolute Gasteiger partial charge is 0.134 e. The van der Waals surface area contributed by atoms with E-state index in [9.17, 15) is 0 Å². The molecule has 0 aliphatic rings. The van der Waals surface area contributed by atoms with Crippen LogP contribution >= 0.6 is 0 Å². The molecule has 2 aromatic carbocycles. The van der Waals surface area contributed by atoms with Crippen LogP contribution in [0.1, 0.15) is 38.8 Å². The maximum Gasteiger partial charge on any atom is 0.134 e. The predicted octanol–water partition coefficient (Wildman–Crippen LogP) is 3.95. The molecule has 0 fully saturated rings. The molecule has 0 radical (unpaired) electrons. The molecule has 23 heavy (non-hydrogen) atoms. The Bertz CT molecular complexity index is 614. The highest BCUT2D eigenvalue weighted by Crippen LogP contribution is 2.41. The van der Waals surface area contributed by atoms with Crippen LogP contribution < -0.4 is 16.2 Å². The van der Waals surface area contributed by atoms with Gasteiger partial charge in [0.1, 0.15) is 11.5 Å². The summed E-state index contributed by atoms with van der Waals surface area (Å²) in [5.41, 5.74) is 13.9. The molecule has 3 heteroatoms. The lowest BCUT2D eigenvalue weighted by Gasteiger charge is -2.32. The zero-order chi connectivity index (χ0) is 17.1. The van der Waals surface area contributed by atoms with Crippen molar-refractivity contribution in [3.8, 4) is 11.5 Å². The van der Waals surface area contributed by atoms with Crippen LogP contribution in [0.5, 0.6) is 11.5 Å². The molecule has 0 amide bonds. The van der Waals surface area contributed by atoms with E-state index in [0.717, 1.165) is 22.6 Å². The van der Waals surface area contributed by atoms with Crippen molar-refractivity contribution in [1.29, 1.82) is 0 Å². The molecule has 0 bridgehead atoms. The summed E-state index contributed by atoms with van der Waals surface area (Å²) in [6.45, 7) is 9.65. The topological polar surface area (TPSA) is 61.3 Å². The Hall–Kier alpha value is -1.84. The summed E-state index contributed by atoms with van der Waals surface area (Å²) in [7, 11) is 0. The van der Waals surface area contributed by atoms with E-state index in [2.05, 4.69) is 45.9 Å². The molecule has 4 N–H and O–H groups in total. The Kier molecular flexibility index (Phi) is 5.12. The van der Waals surface area contributed by atoms with Crippen molar-refractivity contribution in [3.05, 3.63) is 59.7 Å². The molecule has 0 heterocycles. The normalized spacial score (nSPS) is 12.3. The fourth-order valence-electron chi connectivity index (χ4n) is 2.54. The molecule has 2 aromatic rings. The Labute approximate surface area is 139 Å². The lowest BCUT2D eigenvalue weighted by Crippen LogP contribution is -2.32. The van der Waals surface area contributed by atoms with Crippen LogP contribution in [0.2, 0.25) is 0 Å². The second-order valence-electron chi connectivity index (χ2n) is 7.27. The van der Waals surface area contributed by atoms with Gasteiger partial charge in [0.15, 0.2) is 0 Å². The first kappa shape index (κ1) is 17.5. The Morgan fingerprint density at radius 2 is 1.22 bits per heavy atom. The van der Waals surface area contributed by atoms with Crippen molar-refractivity contribution >= 4 is 0 Å². The summed E-state index contributed by atoms with van der Waals surface area (Å²) >= 11 is 0. The lowest BCUT2D eigenvalue weighted by atomic mass is 9.77. The van der Waals surface area contributed by atoms with Crippen LogP contribution in [0, 0.1) is 0 Å². The van der Waals surface area contributed by atoms with Gasteiger partial charge in [-0.3, -0.25) is 0 Å². The van der Waals surface area contributed by atoms with Gasteiger partial charge < -0.3 is 16.2 Å². The Morgan fingerprint density at radius 3 is 1.65 bits per heavy atom. The van der Waals surface area contributed by atoms with E-state index in [0.29, 0.717) is 13.1 Å². The van der Waals surface area contributed by atoms with Gasteiger partial charge in [0.05, 0.1) is 0 Å². The zero-order valence-corrected chi connectivity index (χ0v) is 14.6. The molecular weight excluding hydrogens is 284 g/mol. The molecular formula is C20H28N2O. The number of nitrogens with two attached hydrogens (primary N) is 2. The Morgan fingerprint density at radius 1 is 0.739 bits per heavy atom. The van der Waals surface area contributed by atoms with Gasteiger partial charge in [0, 0.05) is 35.0 Å². The quantitative estimate of drug-likeness (QED) is 0.849. The minimum Gasteiger partial charge on any atom is -0.457 e. The number of hydrogen-bond donors (Lipinski definition) is 2. The van der Waals surface area contributed by atoms with E-state index in [-0.39, 0.29) is 10.8 Å². The summed E-state index contributed by atoms with van der Waals surface area (Å²) in [6, 6.07) is 16.1. The van der Waals surface area contributed by atoms with Crippen molar-refractivity contribution in [3.63, 3.8) is 0 Å². The molecule has 2 rings (SSSR count). The van der Waals surface area contributed by atoms with Crippen LogP contribution in [0.15, 0.2) is 48.5 Å². The third-order valence-electron chi connectivity index (χ3n) is 4.46. The largest absolute Gasteiger partial charge is 0.457 e. The van der Waals surface area contributed by atoms with Crippen LogP contribution in [-0.4, -0.2) is 13.1 Å². The number of rotatable bonds is 6. The molecule has 0 saturated heterocycles. The maximum absolute atomic E-state index is 6.31. The first-order chi connectivity index (χ1) is 10.8. The minimum absolute atomic E-state index is 0.176. The molecule has 0 atom stereocenters. The molecule has 0 aliphatic heterocycles. The summed E-state index contributed by atoms with van der Waals surface area (Å²) in [5.74, 6) is 1.70. The summed E-state index contributed by atoms with van der Waals surface area (Å²) < 4.78 is 6.31. The summed E-state index contributed by atoms with van der Waals surface area (Å²) in [6.07, 6.45) is 0. The van der Waals surface area contributed by atoms with Gasteiger partial charge >= 0.3 is 0 Å². The number of para-hydroxylation sites is 2. The number of benzene rings is 2. The fourth-order valence-corrected chi connectivity index (χ4v) is 2.54. The Balaban J connectivity index is 2.62. The second-order valence-corrected chi connectivity index (χ2v) is 7.27. The maximum atomic E-state index is 6.31. The van der Waals surface area contributed by atoms with Crippen molar-refractivity contribution in [1.82, 2.24) is 0 Å². The number of hydrogen-bond acceptors (Lipinski definition) is 3. The van der Waals surface area contributed by atoms with Crippen molar-refractivity contribution in [2.24, 2.45) is 11.5 Å². The van der Waals surface area contributed by atoms with Gasteiger partial charge in [-0.05, 0) is 12.1 Å². The minimum atomic E-state index is -0.176. The van der Waals surface area contributed by atoms with E-state index in [1.54, 1.807) is 0 Å². The van der Waals surface area contributed by atoms with E-state index in [4.69, 9.17) is 16.2 Å². The van der Waals surface area contributed by atoms with Gasteiger partial charge in [0.25, 0.3) is 0 Å². The standard InChI is InChI=1S/C20H28N2O/c1-19(2,13-21)16-11-8-12-17(20(3,4)14-22)18(16)23-15-9-6-5-7-10-15/h5-12H,13-14,21-22H2,1-4H3. The van der Waals surface area contributed by atoms with Crippen LogP contribution in [-0.2, 0) is 10.8 Å². The first-order valence-corrected chi connectivity index (χ1v) is 8.09. The summed E-state index contributed by atoms with van der Waals surface area (Å²) in [5, 5.41) is 0. The summed E-state index contributed by atoms with van der Waals surface area (Å²) in [4.78, 5) is 0. The van der Waals surface area contributed by atoms with Gasteiger partial charge in [-0.1, -0.05) is 64.1 Å². The van der Waals surface area contributed by atoms with Gasteiger partial charge in [-0.25, -0.2) is 0 Å². The zero-order valence-electron chi connectivity index (χ0n) is 14.6. The predicted molar refractivity (Wildman–Crippen MR) is 97.1 cm³/mol. The monoisotopic (exact) mass is 312 g/mol. The molecule has 0 unspecified atom stereocenters. The molecule has 124 valence electrons. The molecule has 0 saturated carbocycles. The van der Waals surface area contributed by atoms with Crippen molar-refractivity contribution in [2.45, 2.75) is 38.5 Å². The molecule has 3 nitrogen and oxygen atoms in total. The van der Waals surface area contributed by atoms with E-state index < -0.39 is 0 Å². The SMILES string of the molecule is CC(C)(CN)c1cccc(C(C)(C)CN)c1Oc1ccccc1. The average molecular weight is 312 g/mol. The van der Waals surface area contributed by atoms with E-state index in [1.807, 2.05) is 30.3 Å². The van der Waals surface area contributed by atoms with Crippen molar-refractivity contribution in [2.75, 3.05) is 13.1 Å². The highest BCUT2D eigenvalue weighted by molar-refractivity contribution is 5.51. The highest BCUT2D eigenvalue weighted by atomic mass is 16.5.